The zero-order chi connectivity index (χ0) is 16.4. The molecule has 2 aromatic carbocycles. The van der Waals surface area contributed by atoms with Crippen molar-refractivity contribution >= 4 is 16.9 Å². The Morgan fingerprint density at radius 2 is 1.61 bits per heavy atom. The maximum atomic E-state index is 11.5. The molecule has 5 heteroatoms. The van der Waals surface area contributed by atoms with Crippen molar-refractivity contribution in [2.45, 2.75) is 0 Å². The highest BCUT2D eigenvalue weighted by atomic mass is 16.5. The lowest BCUT2D eigenvalue weighted by molar-refractivity contribution is -0.254. The van der Waals surface area contributed by atoms with Crippen LogP contribution in [0.15, 0.2) is 48.5 Å². The number of nitrogens with zero attached hydrogens (tertiary/aromatic N) is 1. The van der Waals surface area contributed by atoms with Gasteiger partial charge in [-0.25, -0.2) is 4.98 Å². The van der Waals surface area contributed by atoms with Crippen LogP contribution in [0.4, 0.5) is 0 Å². The van der Waals surface area contributed by atoms with Crippen LogP contribution < -0.4 is 14.6 Å². The lowest BCUT2D eigenvalue weighted by atomic mass is 10.0. The van der Waals surface area contributed by atoms with E-state index >= 15 is 0 Å². The molecule has 0 atom stereocenters. The molecule has 23 heavy (non-hydrogen) atoms. The number of hydrogen-bond donors (Lipinski definition) is 0. The highest BCUT2D eigenvalue weighted by Crippen LogP contribution is 2.28. The second kappa shape index (κ2) is 5.96. The smallest absolute Gasteiger partial charge is 0.121 e. The summed E-state index contributed by atoms with van der Waals surface area (Å²) in [6.07, 6.45) is 0. The van der Waals surface area contributed by atoms with E-state index < -0.39 is 5.97 Å². The molecule has 1 heterocycles. The summed E-state index contributed by atoms with van der Waals surface area (Å²) in [5.74, 6) is 0.0924. The lowest BCUT2D eigenvalue weighted by Crippen LogP contribution is -2.22. The van der Waals surface area contributed by atoms with Crippen molar-refractivity contribution in [3.05, 3.63) is 54.1 Å². The molecule has 3 rings (SSSR count). The molecule has 0 amide bonds. The van der Waals surface area contributed by atoms with Crippen LogP contribution in [0.2, 0.25) is 0 Å². The van der Waals surface area contributed by atoms with Gasteiger partial charge in [-0.1, -0.05) is 0 Å². The predicted molar refractivity (Wildman–Crippen MR) is 84.6 cm³/mol. The number of rotatable bonds is 4. The summed E-state index contributed by atoms with van der Waals surface area (Å²) in [5.41, 5.74) is 1.98. The highest BCUT2D eigenvalue weighted by Gasteiger charge is 2.10. The summed E-state index contributed by atoms with van der Waals surface area (Å²) in [6.45, 7) is 0. The van der Waals surface area contributed by atoms with E-state index in [0.29, 0.717) is 22.3 Å². The number of carbonyl (C=O) groups excluding carboxylic acids is 1. The number of fused-ring (bicyclic) bond motifs is 1. The number of hydrogen-bond acceptors (Lipinski definition) is 5. The van der Waals surface area contributed by atoms with Crippen LogP contribution in [0.5, 0.6) is 11.5 Å². The molecule has 0 aliphatic carbocycles. The van der Waals surface area contributed by atoms with Crippen LogP contribution in [0.25, 0.3) is 22.2 Å². The van der Waals surface area contributed by atoms with E-state index in [2.05, 4.69) is 4.98 Å². The minimum absolute atomic E-state index is 0.100. The highest BCUT2D eigenvalue weighted by molar-refractivity contribution is 6.03. The molecular formula is C18H14NO4-. The predicted octanol–water partition coefficient (Wildman–Crippen LogP) is 2.28. The van der Waals surface area contributed by atoms with Crippen molar-refractivity contribution in [3.63, 3.8) is 0 Å². The van der Waals surface area contributed by atoms with E-state index in [1.165, 1.54) is 6.07 Å². The Morgan fingerprint density at radius 1 is 0.957 bits per heavy atom. The van der Waals surface area contributed by atoms with Gasteiger partial charge in [-0.2, -0.15) is 0 Å². The third kappa shape index (κ3) is 2.81. The van der Waals surface area contributed by atoms with E-state index in [-0.39, 0.29) is 5.56 Å². The third-order valence-electron chi connectivity index (χ3n) is 3.62. The molecule has 1 aromatic heterocycles. The quantitative estimate of drug-likeness (QED) is 0.739. The maximum absolute atomic E-state index is 11.5. The van der Waals surface area contributed by atoms with Gasteiger partial charge in [0.1, 0.15) is 11.5 Å². The Morgan fingerprint density at radius 3 is 2.22 bits per heavy atom. The first kappa shape index (κ1) is 14.8. The topological polar surface area (TPSA) is 71.5 Å². The number of pyridine rings is 1. The average molecular weight is 308 g/mol. The molecule has 0 spiro atoms. The Labute approximate surface area is 133 Å². The van der Waals surface area contributed by atoms with Crippen molar-refractivity contribution in [1.29, 1.82) is 0 Å². The summed E-state index contributed by atoms with van der Waals surface area (Å²) >= 11 is 0. The Bertz CT molecular complexity index is 872. The van der Waals surface area contributed by atoms with Crippen LogP contribution in [0.3, 0.4) is 0 Å². The third-order valence-corrected chi connectivity index (χ3v) is 3.62. The minimum Gasteiger partial charge on any atom is -0.545 e. The number of carboxylic acid groups (broad SMARTS) is 1. The first-order valence-corrected chi connectivity index (χ1v) is 6.97. The van der Waals surface area contributed by atoms with E-state index in [1.807, 2.05) is 12.1 Å². The molecule has 0 unspecified atom stereocenters. The van der Waals surface area contributed by atoms with Gasteiger partial charge in [-0.3, -0.25) is 0 Å². The first-order valence-electron chi connectivity index (χ1n) is 6.97. The van der Waals surface area contributed by atoms with Gasteiger partial charge in [0.25, 0.3) is 0 Å². The van der Waals surface area contributed by atoms with Crippen LogP contribution in [0, 0.1) is 0 Å². The summed E-state index contributed by atoms with van der Waals surface area (Å²) in [4.78, 5) is 16.0. The summed E-state index contributed by atoms with van der Waals surface area (Å²) in [5, 5.41) is 12.0. The number of benzene rings is 2. The van der Waals surface area contributed by atoms with Crippen LogP contribution >= 0.6 is 0 Å². The van der Waals surface area contributed by atoms with E-state index in [9.17, 15) is 9.90 Å². The van der Waals surface area contributed by atoms with Crippen LogP contribution in [-0.4, -0.2) is 25.2 Å². The molecule has 5 nitrogen and oxygen atoms in total. The molecule has 0 fully saturated rings. The Hall–Kier alpha value is -3.08. The summed E-state index contributed by atoms with van der Waals surface area (Å²) in [7, 11) is 3.14. The van der Waals surface area contributed by atoms with Crippen LogP contribution in [-0.2, 0) is 0 Å². The molecule has 0 N–H and O–H groups in total. The molecule has 0 saturated heterocycles. The van der Waals surface area contributed by atoms with Gasteiger partial charge < -0.3 is 19.4 Å². The van der Waals surface area contributed by atoms with E-state index in [4.69, 9.17) is 9.47 Å². The fraction of sp³-hybridized carbons (Fsp3) is 0.111. The number of methoxy groups -OCH3 is 2. The molecule has 0 saturated carbocycles. The first-order chi connectivity index (χ1) is 11.1. The van der Waals surface area contributed by atoms with E-state index in [0.717, 1.165) is 11.3 Å². The average Bonchev–Trinajstić information content (AvgIpc) is 2.60. The maximum Gasteiger partial charge on any atom is 0.121 e. The molecule has 0 radical (unpaired) electrons. The number of carbonyl (C=O) groups is 1. The summed E-state index contributed by atoms with van der Waals surface area (Å²) in [6, 6.07) is 13.8. The zero-order valence-corrected chi connectivity index (χ0v) is 12.7. The Balaban J connectivity index is 2.21. The van der Waals surface area contributed by atoms with Gasteiger partial charge in [0.2, 0.25) is 0 Å². The monoisotopic (exact) mass is 308 g/mol. The second-order valence-corrected chi connectivity index (χ2v) is 4.95. The van der Waals surface area contributed by atoms with Gasteiger partial charge in [-0.05, 0) is 42.5 Å². The molecule has 0 bridgehead atoms. The largest absolute Gasteiger partial charge is 0.545 e. The fourth-order valence-corrected chi connectivity index (χ4v) is 2.41. The number of aromatic nitrogens is 1. The molecule has 0 aliphatic heterocycles. The summed E-state index contributed by atoms with van der Waals surface area (Å²) < 4.78 is 10.3. The van der Waals surface area contributed by atoms with E-state index in [1.54, 1.807) is 44.6 Å². The van der Waals surface area contributed by atoms with Crippen molar-refractivity contribution < 1.29 is 19.4 Å². The van der Waals surface area contributed by atoms with Gasteiger partial charge in [-0.15, -0.1) is 0 Å². The Kier molecular flexibility index (Phi) is 3.85. The normalized spacial score (nSPS) is 10.5. The lowest BCUT2D eigenvalue weighted by Gasteiger charge is -2.12. The zero-order valence-electron chi connectivity index (χ0n) is 12.7. The minimum atomic E-state index is -1.24. The van der Waals surface area contributed by atoms with Gasteiger partial charge in [0.15, 0.2) is 0 Å². The fourth-order valence-electron chi connectivity index (χ4n) is 2.41. The van der Waals surface area contributed by atoms with Gasteiger partial charge in [0.05, 0.1) is 31.4 Å². The molecular weight excluding hydrogens is 294 g/mol. The van der Waals surface area contributed by atoms with Crippen molar-refractivity contribution in [1.82, 2.24) is 4.98 Å². The SMILES string of the molecule is COc1ccc(-c2cc(C(=O)[O-])c3ccc(OC)cc3n2)cc1. The number of carboxylic acids is 1. The number of aromatic carboxylic acids is 1. The molecule has 3 aromatic rings. The molecule has 116 valence electrons. The van der Waals surface area contributed by atoms with Crippen molar-refractivity contribution in [3.8, 4) is 22.8 Å². The standard InChI is InChI=1S/C18H15NO4/c1-22-12-5-3-11(4-6-12)16-10-15(18(20)21)14-8-7-13(23-2)9-17(14)19-16/h3-10H,1-2H3,(H,20,21)/p-1. The van der Waals surface area contributed by atoms with Crippen molar-refractivity contribution in [2.24, 2.45) is 0 Å². The van der Waals surface area contributed by atoms with Crippen LogP contribution in [0.1, 0.15) is 10.4 Å². The van der Waals surface area contributed by atoms with Gasteiger partial charge >= 0.3 is 0 Å². The second-order valence-electron chi connectivity index (χ2n) is 4.95. The van der Waals surface area contributed by atoms with Crippen molar-refractivity contribution in [2.75, 3.05) is 14.2 Å². The van der Waals surface area contributed by atoms with Gasteiger partial charge in [0, 0.05) is 22.6 Å². The molecule has 0 aliphatic rings. The number of ether oxygens (including phenoxy) is 2.